The second-order valence-corrected chi connectivity index (χ2v) is 4.28. The molecule has 1 saturated heterocycles. The molecule has 1 fully saturated rings. The maximum absolute atomic E-state index is 4.67. The topological polar surface area (TPSA) is 53.1 Å². The summed E-state index contributed by atoms with van der Waals surface area (Å²) in [4.78, 5) is 11.5. The van der Waals surface area contributed by atoms with E-state index in [0.29, 0.717) is 0 Å². The lowest BCUT2D eigenvalue weighted by molar-refractivity contribution is 0.582. The Labute approximate surface area is 103 Å². The predicted octanol–water partition coefficient (Wildman–Crippen LogP) is 0.799. The molecular formula is C12H21N5. The van der Waals surface area contributed by atoms with Crippen LogP contribution in [0.2, 0.25) is 0 Å². The summed E-state index contributed by atoms with van der Waals surface area (Å²) in [6, 6.07) is 0. The number of aryl methyl sites for hydroxylation is 1. The van der Waals surface area contributed by atoms with Crippen LogP contribution in [0.15, 0.2) is 0 Å². The van der Waals surface area contributed by atoms with Gasteiger partial charge in [0.05, 0.1) is 0 Å². The predicted molar refractivity (Wildman–Crippen MR) is 70.8 cm³/mol. The van der Waals surface area contributed by atoms with Crippen molar-refractivity contribution >= 4 is 11.6 Å². The molecule has 5 heteroatoms. The maximum Gasteiger partial charge on any atom is 0.137 e. The molecule has 2 rings (SSSR count). The highest BCUT2D eigenvalue weighted by Crippen LogP contribution is 2.23. The molecular weight excluding hydrogens is 214 g/mol. The van der Waals surface area contributed by atoms with Crippen LogP contribution in [0.4, 0.5) is 11.6 Å². The van der Waals surface area contributed by atoms with Gasteiger partial charge in [0.25, 0.3) is 0 Å². The van der Waals surface area contributed by atoms with Crippen molar-refractivity contribution in [2.45, 2.75) is 20.3 Å². The van der Waals surface area contributed by atoms with Gasteiger partial charge in [-0.1, -0.05) is 6.92 Å². The monoisotopic (exact) mass is 235 g/mol. The minimum absolute atomic E-state index is 0.869. The van der Waals surface area contributed by atoms with Gasteiger partial charge in [0, 0.05) is 45.2 Å². The minimum atomic E-state index is 0.869. The third-order valence-electron chi connectivity index (χ3n) is 3.14. The molecule has 1 aliphatic rings. The SMILES string of the molecule is CCc1nc(NC)c(C)c(N2CCNCC2)n1. The van der Waals surface area contributed by atoms with Crippen molar-refractivity contribution in [3.05, 3.63) is 11.4 Å². The van der Waals surface area contributed by atoms with Crippen LogP contribution >= 0.6 is 0 Å². The Morgan fingerprint density at radius 1 is 1.29 bits per heavy atom. The van der Waals surface area contributed by atoms with Crippen LogP contribution in [-0.4, -0.2) is 43.2 Å². The summed E-state index contributed by atoms with van der Waals surface area (Å²) in [5.74, 6) is 2.95. The maximum atomic E-state index is 4.67. The largest absolute Gasteiger partial charge is 0.373 e. The molecule has 94 valence electrons. The van der Waals surface area contributed by atoms with E-state index in [4.69, 9.17) is 0 Å². The fourth-order valence-electron chi connectivity index (χ4n) is 2.14. The van der Waals surface area contributed by atoms with E-state index >= 15 is 0 Å². The molecule has 5 nitrogen and oxygen atoms in total. The zero-order chi connectivity index (χ0) is 12.3. The summed E-state index contributed by atoms with van der Waals surface area (Å²) < 4.78 is 0. The van der Waals surface area contributed by atoms with Gasteiger partial charge in [-0.25, -0.2) is 9.97 Å². The third kappa shape index (κ3) is 2.49. The van der Waals surface area contributed by atoms with Crippen LogP contribution in [0.3, 0.4) is 0 Å². The summed E-state index contributed by atoms with van der Waals surface area (Å²) in [6.07, 6.45) is 0.869. The summed E-state index contributed by atoms with van der Waals surface area (Å²) in [6.45, 7) is 8.27. The third-order valence-corrected chi connectivity index (χ3v) is 3.14. The number of hydrogen-bond donors (Lipinski definition) is 2. The Bertz CT molecular complexity index is 385. The molecule has 0 radical (unpaired) electrons. The lowest BCUT2D eigenvalue weighted by Gasteiger charge is -2.30. The molecule has 1 aliphatic heterocycles. The summed E-state index contributed by atoms with van der Waals surface area (Å²) in [5.41, 5.74) is 1.14. The van der Waals surface area contributed by atoms with Crippen molar-refractivity contribution in [2.24, 2.45) is 0 Å². The molecule has 0 bridgehead atoms. The van der Waals surface area contributed by atoms with Crippen molar-refractivity contribution in [3.63, 3.8) is 0 Å². The number of aromatic nitrogens is 2. The number of nitrogens with one attached hydrogen (secondary N) is 2. The van der Waals surface area contributed by atoms with Crippen molar-refractivity contribution in [1.82, 2.24) is 15.3 Å². The summed E-state index contributed by atoms with van der Waals surface area (Å²) in [7, 11) is 1.91. The Morgan fingerprint density at radius 3 is 2.59 bits per heavy atom. The molecule has 0 aromatic carbocycles. The molecule has 1 aromatic heterocycles. The van der Waals surface area contributed by atoms with Gasteiger partial charge >= 0.3 is 0 Å². The average Bonchev–Trinajstić information content (AvgIpc) is 2.40. The molecule has 17 heavy (non-hydrogen) atoms. The lowest BCUT2D eigenvalue weighted by atomic mass is 10.2. The molecule has 0 spiro atoms. The Kier molecular flexibility index (Phi) is 3.78. The Morgan fingerprint density at radius 2 is 2.00 bits per heavy atom. The van der Waals surface area contributed by atoms with E-state index in [0.717, 1.165) is 55.6 Å². The molecule has 0 aliphatic carbocycles. The first-order valence-electron chi connectivity index (χ1n) is 6.27. The highest BCUT2D eigenvalue weighted by molar-refractivity contribution is 5.58. The van der Waals surface area contributed by atoms with E-state index in [1.165, 1.54) is 0 Å². The number of nitrogens with zero attached hydrogens (tertiary/aromatic N) is 3. The number of hydrogen-bond acceptors (Lipinski definition) is 5. The fourth-order valence-corrected chi connectivity index (χ4v) is 2.14. The number of anilines is 2. The van der Waals surface area contributed by atoms with Crippen molar-refractivity contribution in [3.8, 4) is 0 Å². The highest BCUT2D eigenvalue weighted by Gasteiger charge is 2.17. The van der Waals surface area contributed by atoms with Crippen LogP contribution in [0.25, 0.3) is 0 Å². The molecule has 0 amide bonds. The quantitative estimate of drug-likeness (QED) is 0.811. The smallest absolute Gasteiger partial charge is 0.137 e. The second-order valence-electron chi connectivity index (χ2n) is 4.28. The first-order valence-corrected chi connectivity index (χ1v) is 6.27. The molecule has 0 atom stereocenters. The number of piperazine rings is 1. The average molecular weight is 235 g/mol. The van der Waals surface area contributed by atoms with Gasteiger partial charge in [-0.05, 0) is 6.92 Å². The summed E-state index contributed by atoms with van der Waals surface area (Å²) >= 11 is 0. The van der Waals surface area contributed by atoms with Gasteiger partial charge < -0.3 is 15.5 Å². The van der Waals surface area contributed by atoms with Gasteiger partial charge in [0.2, 0.25) is 0 Å². The first-order chi connectivity index (χ1) is 8.26. The fraction of sp³-hybridized carbons (Fsp3) is 0.667. The molecule has 0 saturated carbocycles. The first kappa shape index (κ1) is 12.1. The van der Waals surface area contributed by atoms with Crippen molar-refractivity contribution in [2.75, 3.05) is 43.4 Å². The van der Waals surface area contributed by atoms with Crippen LogP contribution in [-0.2, 0) is 6.42 Å². The molecule has 0 unspecified atom stereocenters. The van der Waals surface area contributed by atoms with Crippen LogP contribution in [0.1, 0.15) is 18.3 Å². The Balaban J connectivity index is 2.36. The van der Waals surface area contributed by atoms with E-state index in [2.05, 4.69) is 39.3 Å². The normalized spacial score (nSPS) is 16.1. The van der Waals surface area contributed by atoms with Crippen molar-refractivity contribution in [1.29, 1.82) is 0 Å². The van der Waals surface area contributed by atoms with Crippen molar-refractivity contribution < 1.29 is 0 Å². The van der Waals surface area contributed by atoms with Gasteiger partial charge in [-0.3, -0.25) is 0 Å². The van der Waals surface area contributed by atoms with E-state index in [-0.39, 0.29) is 0 Å². The zero-order valence-corrected chi connectivity index (χ0v) is 10.9. The minimum Gasteiger partial charge on any atom is -0.373 e. The van der Waals surface area contributed by atoms with Gasteiger partial charge in [0.15, 0.2) is 0 Å². The van der Waals surface area contributed by atoms with E-state index < -0.39 is 0 Å². The second kappa shape index (κ2) is 5.31. The van der Waals surface area contributed by atoms with E-state index in [1.54, 1.807) is 0 Å². The highest BCUT2D eigenvalue weighted by atomic mass is 15.2. The molecule has 1 aromatic rings. The molecule has 2 N–H and O–H groups in total. The van der Waals surface area contributed by atoms with Crippen LogP contribution in [0, 0.1) is 6.92 Å². The summed E-state index contributed by atoms with van der Waals surface area (Å²) in [5, 5.41) is 6.52. The zero-order valence-electron chi connectivity index (χ0n) is 10.9. The van der Waals surface area contributed by atoms with Crippen LogP contribution in [0.5, 0.6) is 0 Å². The van der Waals surface area contributed by atoms with E-state index in [9.17, 15) is 0 Å². The van der Waals surface area contributed by atoms with Gasteiger partial charge in [-0.2, -0.15) is 0 Å². The van der Waals surface area contributed by atoms with Gasteiger partial charge in [-0.15, -0.1) is 0 Å². The van der Waals surface area contributed by atoms with Gasteiger partial charge in [0.1, 0.15) is 17.5 Å². The van der Waals surface area contributed by atoms with E-state index in [1.807, 2.05) is 7.05 Å². The Hall–Kier alpha value is -1.36. The standard InChI is InChI=1S/C12H21N5/c1-4-10-15-11(13-3)9(2)12(16-10)17-7-5-14-6-8-17/h14H,4-8H2,1-3H3,(H,13,15,16). The lowest BCUT2D eigenvalue weighted by Crippen LogP contribution is -2.44. The number of rotatable bonds is 3. The molecule has 2 heterocycles. The van der Waals surface area contributed by atoms with Crippen LogP contribution < -0.4 is 15.5 Å².